The number of rotatable bonds is 5. The van der Waals surface area contributed by atoms with Crippen LogP contribution in [-0.2, 0) is 9.59 Å². The number of ether oxygens (including phenoxy) is 1. The molecule has 1 fully saturated rings. The van der Waals surface area contributed by atoms with Crippen molar-refractivity contribution in [2.24, 2.45) is 0 Å². The van der Waals surface area contributed by atoms with Gasteiger partial charge in [0.25, 0.3) is 0 Å². The minimum Gasteiger partial charge on any atom is -0.478 e. The maximum Gasteiger partial charge on any atom is 0.348 e. The smallest absolute Gasteiger partial charge is 0.348 e. The molecule has 0 spiro atoms. The van der Waals surface area contributed by atoms with Gasteiger partial charge >= 0.3 is 5.97 Å². The molecule has 26 heavy (non-hydrogen) atoms. The first-order chi connectivity index (χ1) is 12.4. The highest BCUT2D eigenvalue weighted by molar-refractivity contribution is 5.82. The third kappa shape index (κ3) is 3.40. The molecule has 2 aromatic rings. The lowest BCUT2D eigenvalue weighted by Crippen LogP contribution is -2.55. The highest BCUT2D eigenvalue weighted by Gasteiger charge is 2.45. The van der Waals surface area contributed by atoms with Crippen molar-refractivity contribution in [2.45, 2.75) is 38.3 Å². The molecule has 1 N–H and O–H groups in total. The van der Waals surface area contributed by atoms with Gasteiger partial charge in [-0.1, -0.05) is 18.2 Å². The number of aromatic nitrogens is 3. The fourth-order valence-corrected chi connectivity index (χ4v) is 3.12. The minimum atomic E-state index is -1.32. The molecular formula is C18H22N4O4. The van der Waals surface area contributed by atoms with Gasteiger partial charge < -0.3 is 14.7 Å². The third-order valence-corrected chi connectivity index (χ3v) is 4.86. The summed E-state index contributed by atoms with van der Waals surface area (Å²) in [5.41, 5.74) is -0.439. The van der Waals surface area contributed by atoms with Gasteiger partial charge in [-0.15, -0.1) is 0 Å². The number of nitrogens with zero attached hydrogens (tertiary/aromatic N) is 4. The largest absolute Gasteiger partial charge is 0.478 e. The molecule has 1 atom stereocenters. The summed E-state index contributed by atoms with van der Waals surface area (Å²) in [7, 11) is 0. The number of amides is 1. The van der Waals surface area contributed by atoms with Crippen molar-refractivity contribution in [1.82, 2.24) is 19.7 Å². The molecule has 3 rings (SSSR count). The zero-order valence-corrected chi connectivity index (χ0v) is 14.8. The fraction of sp³-hybridized carbons (Fsp3) is 0.444. The molecule has 0 aliphatic carbocycles. The summed E-state index contributed by atoms with van der Waals surface area (Å²) in [4.78, 5) is 30.1. The Kier molecular flexibility index (Phi) is 4.92. The zero-order valence-electron chi connectivity index (χ0n) is 14.8. The monoisotopic (exact) mass is 358 g/mol. The van der Waals surface area contributed by atoms with Gasteiger partial charge in [0.1, 0.15) is 24.4 Å². The van der Waals surface area contributed by atoms with E-state index < -0.39 is 17.6 Å². The number of para-hydroxylation sites is 1. The Labute approximate surface area is 151 Å². The van der Waals surface area contributed by atoms with E-state index in [1.54, 1.807) is 17.9 Å². The topological polar surface area (TPSA) is 97.6 Å². The van der Waals surface area contributed by atoms with Crippen LogP contribution < -0.4 is 4.74 Å². The maximum absolute atomic E-state index is 12.6. The van der Waals surface area contributed by atoms with E-state index in [-0.39, 0.29) is 18.7 Å². The first-order valence-corrected chi connectivity index (χ1v) is 8.54. The number of carboxylic acid groups (broad SMARTS) is 1. The third-order valence-electron chi connectivity index (χ3n) is 4.86. The Morgan fingerprint density at radius 3 is 2.54 bits per heavy atom. The average Bonchev–Trinajstić information content (AvgIpc) is 3.17. The van der Waals surface area contributed by atoms with Crippen molar-refractivity contribution in [1.29, 1.82) is 0 Å². The Morgan fingerprint density at radius 1 is 1.27 bits per heavy atom. The summed E-state index contributed by atoms with van der Waals surface area (Å²) in [5, 5.41) is 13.8. The minimum absolute atomic E-state index is 0.106. The second-order valence-electron chi connectivity index (χ2n) is 6.54. The van der Waals surface area contributed by atoms with Crippen LogP contribution in [0.4, 0.5) is 0 Å². The molecule has 1 amide bonds. The number of benzene rings is 1. The van der Waals surface area contributed by atoms with Crippen molar-refractivity contribution in [3.05, 3.63) is 42.5 Å². The molecule has 1 saturated heterocycles. The van der Waals surface area contributed by atoms with Gasteiger partial charge in [-0.25, -0.2) is 14.5 Å². The predicted octanol–water partition coefficient (Wildman–Crippen LogP) is 1.67. The summed E-state index contributed by atoms with van der Waals surface area (Å²) in [6.45, 7) is 4.26. The van der Waals surface area contributed by atoms with Crippen molar-refractivity contribution < 1.29 is 19.4 Å². The van der Waals surface area contributed by atoms with E-state index in [1.807, 2.05) is 25.1 Å². The lowest BCUT2D eigenvalue weighted by molar-refractivity contribution is -0.162. The quantitative estimate of drug-likeness (QED) is 0.873. The second-order valence-corrected chi connectivity index (χ2v) is 6.54. The van der Waals surface area contributed by atoms with Gasteiger partial charge in [-0.2, -0.15) is 5.10 Å². The normalized spacial score (nSPS) is 17.5. The Morgan fingerprint density at radius 2 is 1.96 bits per heavy atom. The Bertz CT molecular complexity index is 782. The summed E-state index contributed by atoms with van der Waals surface area (Å²) in [5.74, 6) is -0.548. The molecule has 0 radical (unpaired) electrons. The van der Waals surface area contributed by atoms with E-state index in [0.29, 0.717) is 18.8 Å². The molecule has 1 aromatic carbocycles. The van der Waals surface area contributed by atoms with Crippen LogP contribution in [-0.4, -0.2) is 55.3 Å². The van der Waals surface area contributed by atoms with Crippen LogP contribution in [0.15, 0.2) is 36.9 Å². The van der Waals surface area contributed by atoms with Gasteiger partial charge in [0.05, 0.1) is 0 Å². The molecule has 2 heterocycles. The lowest BCUT2D eigenvalue weighted by Gasteiger charge is -2.39. The van der Waals surface area contributed by atoms with Crippen molar-refractivity contribution in [3.63, 3.8) is 0 Å². The van der Waals surface area contributed by atoms with E-state index in [0.717, 1.165) is 5.56 Å². The molecular weight excluding hydrogens is 336 g/mol. The van der Waals surface area contributed by atoms with Crippen LogP contribution in [0.25, 0.3) is 0 Å². The van der Waals surface area contributed by atoms with Gasteiger partial charge in [0.15, 0.2) is 0 Å². The van der Waals surface area contributed by atoms with E-state index in [4.69, 9.17) is 4.74 Å². The molecule has 1 aliphatic rings. The fourth-order valence-electron chi connectivity index (χ4n) is 3.12. The van der Waals surface area contributed by atoms with E-state index in [2.05, 4.69) is 10.1 Å². The first-order valence-electron chi connectivity index (χ1n) is 8.54. The van der Waals surface area contributed by atoms with Crippen LogP contribution in [0.1, 0.15) is 31.4 Å². The van der Waals surface area contributed by atoms with Crippen molar-refractivity contribution >= 4 is 11.9 Å². The molecule has 1 unspecified atom stereocenters. The summed E-state index contributed by atoms with van der Waals surface area (Å²) >= 11 is 0. The standard InChI is InChI=1S/C18H22N4O4/c1-13-5-3-4-6-15(13)26-18(17(24)25)7-9-21(10-8-18)16(23)14(2)22-12-19-11-20-22/h3-6,11-12,14H,7-10H2,1-2H3,(H,24,25). The number of hydrogen-bond donors (Lipinski definition) is 1. The first kappa shape index (κ1) is 17.9. The number of carbonyl (C=O) groups is 2. The van der Waals surface area contributed by atoms with Gasteiger partial charge in [0.2, 0.25) is 11.5 Å². The molecule has 0 bridgehead atoms. The molecule has 1 aromatic heterocycles. The van der Waals surface area contributed by atoms with Crippen molar-refractivity contribution in [2.75, 3.05) is 13.1 Å². The number of carboxylic acids is 1. The van der Waals surface area contributed by atoms with Crippen LogP contribution in [0, 0.1) is 6.92 Å². The highest BCUT2D eigenvalue weighted by atomic mass is 16.5. The Balaban J connectivity index is 1.70. The molecule has 8 nitrogen and oxygen atoms in total. The second kappa shape index (κ2) is 7.15. The van der Waals surface area contributed by atoms with E-state index >= 15 is 0 Å². The number of aryl methyl sites for hydroxylation is 1. The molecule has 138 valence electrons. The van der Waals surface area contributed by atoms with Gasteiger partial charge in [-0.3, -0.25) is 4.79 Å². The molecule has 0 saturated carbocycles. The van der Waals surface area contributed by atoms with E-state index in [1.165, 1.54) is 17.3 Å². The summed E-state index contributed by atoms with van der Waals surface area (Å²) in [6, 6.07) is 6.86. The van der Waals surface area contributed by atoms with Gasteiger partial charge in [-0.05, 0) is 25.5 Å². The number of hydrogen-bond acceptors (Lipinski definition) is 5. The summed E-state index contributed by atoms with van der Waals surface area (Å²) in [6.07, 6.45) is 3.33. The maximum atomic E-state index is 12.6. The SMILES string of the molecule is Cc1ccccc1OC1(C(=O)O)CCN(C(=O)C(C)n2cncn2)CC1. The van der Waals surface area contributed by atoms with Crippen LogP contribution in [0.3, 0.4) is 0 Å². The Hall–Kier alpha value is -2.90. The van der Waals surface area contributed by atoms with Crippen LogP contribution in [0.5, 0.6) is 5.75 Å². The van der Waals surface area contributed by atoms with Crippen LogP contribution in [0.2, 0.25) is 0 Å². The average molecular weight is 358 g/mol. The molecule has 1 aliphatic heterocycles. The zero-order chi connectivity index (χ0) is 18.7. The lowest BCUT2D eigenvalue weighted by atomic mass is 9.90. The van der Waals surface area contributed by atoms with E-state index in [9.17, 15) is 14.7 Å². The highest BCUT2D eigenvalue weighted by Crippen LogP contribution is 2.31. The number of likely N-dealkylation sites (tertiary alicyclic amines) is 1. The summed E-state index contributed by atoms with van der Waals surface area (Å²) < 4.78 is 7.42. The van der Waals surface area contributed by atoms with Gasteiger partial charge in [0, 0.05) is 25.9 Å². The molecule has 8 heteroatoms. The number of carbonyl (C=O) groups excluding carboxylic acids is 1. The predicted molar refractivity (Wildman–Crippen MR) is 92.7 cm³/mol. The number of piperidine rings is 1. The number of aliphatic carboxylic acids is 1. The van der Waals surface area contributed by atoms with Crippen molar-refractivity contribution in [3.8, 4) is 5.75 Å². The van der Waals surface area contributed by atoms with Crippen LogP contribution >= 0.6 is 0 Å².